The van der Waals surface area contributed by atoms with Crippen LogP contribution in [0.2, 0.25) is 5.02 Å². The lowest BCUT2D eigenvalue weighted by molar-refractivity contribution is -0.152. The van der Waals surface area contributed by atoms with Gasteiger partial charge in [0.1, 0.15) is 18.1 Å². The highest BCUT2D eigenvalue weighted by molar-refractivity contribution is 6.31. The molecule has 0 bridgehead atoms. The Bertz CT molecular complexity index is 729. The molecule has 2 aromatic carbocycles. The first-order chi connectivity index (χ1) is 11.7. The van der Waals surface area contributed by atoms with Crippen LogP contribution in [0.25, 0.3) is 0 Å². The molecular weight excluding hydrogens is 328 g/mol. The van der Waals surface area contributed by atoms with Crippen molar-refractivity contribution in [2.24, 2.45) is 0 Å². The lowest BCUT2D eigenvalue weighted by Gasteiger charge is -2.25. The summed E-state index contributed by atoms with van der Waals surface area (Å²) in [6.45, 7) is 2.52. The molecule has 1 aliphatic rings. The van der Waals surface area contributed by atoms with Gasteiger partial charge in [-0.05, 0) is 37.5 Å². The molecule has 0 saturated heterocycles. The predicted octanol–water partition coefficient (Wildman–Crippen LogP) is 4.18. The van der Waals surface area contributed by atoms with Gasteiger partial charge in [0, 0.05) is 16.7 Å². The molecule has 3 rings (SSSR count). The molecule has 0 fully saturated rings. The maximum Gasteiger partial charge on any atom is 0.347 e. The average molecular weight is 347 g/mol. The summed E-state index contributed by atoms with van der Waals surface area (Å²) < 4.78 is 16.6. The fourth-order valence-corrected chi connectivity index (χ4v) is 2.81. The lowest BCUT2D eigenvalue weighted by Crippen LogP contribution is -2.32. The van der Waals surface area contributed by atoms with E-state index >= 15 is 0 Å². The van der Waals surface area contributed by atoms with Crippen LogP contribution in [0, 0.1) is 0 Å². The van der Waals surface area contributed by atoms with Gasteiger partial charge >= 0.3 is 5.97 Å². The van der Waals surface area contributed by atoms with Crippen molar-refractivity contribution < 1.29 is 19.0 Å². The summed E-state index contributed by atoms with van der Waals surface area (Å²) in [4.78, 5) is 11.8. The van der Waals surface area contributed by atoms with Gasteiger partial charge in [-0.1, -0.05) is 35.9 Å². The van der Waals surface area contributed by atoms with E-state index in [4.69, 9.17) is 25.8 Å². The summed E-state index contributed by atoms with van der Waals surface area (Å²) >= 11 is 6.13. The second kappa shape index (κ2) is 7.58. The first-order valence-electron chi connectivity index (χ1n) is 8.00. The topological polar surface area (TPSA) is 44.8 Å². The molecule has 2 aromatic rings. The van der Waals surface area contributed by atoms with Crippen LogP contribution in [0.3, 0.4) is 0 Å². The summed E-state index contributed by atoms with van der Waals surface area (Å²) in [6.07, 6.45) is 0.867. The molecule has 0 aliphatic carbocycles. The number of hydrogen-bond donors (Lipinski definition) is 0. The zero-order chi connectivity index (χ0) is 16.9. The number of carbonyl (C=O) groups excluding carboxylic acids is 1. The molecule has 126 valence electrons. The fourth-order valence-electron chi connectivity index (χ4n) is 2.62. The van der Waals surface area contributed by atoms with Gasteiger partial charge in [-0.3, -0.25) is 0 Å². The standard InChI is InChI=1S/C19H19ClO4/c1-2-22-19(21)17-10-8-13-7-9-15(11-18(13)24-17)23-12-14-5-3-4-6-16(14)20/h3-7,9,11,17H,2,8,10,12H2,1H3/t17-/m0/s1. The Morgan fingerprint density at radius 3 is 2.92 bits per heavy atom. The molecule has 0 spiro atoms. The van der Waals surface area contributed by atoms with Crippen LogP contribution < -0.4 is 9.47 Å². The number of benzene rings is 2. The maximum absolute atomic E-state index is 11.8. The maximum atomic E-state index is 11.8. The molecule has 0 saturated carbocycles. The van der Waals surface area contributed by atoms with Gasteiger partial charge in [0.15, 0.2) is 6.10 Å². The number of halogens is 1. The van der Waals surface area contributed by atoms with E-state index in [9.17, 15) is 4.79 Å². The number of ether oxygens (including phenoxy) is 3. The Balaban J connectivity index is 1.68. The van der Waals surface area contributed by atoms with Crippen LogP contribution in [0.5, 0.6) is 11.5 Å². The van der Waals surface area contributed by atoms with Gasteiger partial charge in [-0.25, -0.2) is 4.79 Å². The minimum absolute atomic E-state index is 0.314. The minimum atomic E-state index is -0.545. The van der Waals surface area contributed by atoms with E-state index < -0.39 is 6.10 Å². The smallest absolute Gasteiger partial charge is 0.347 e. The van der Waals surface area contributed by atoms with Crippen molar-refractivity contribution in [1.82, 2.24) is 0 Å². The largest absolute Gasteiger partial charge is 0.489 e. The first kappa shape index (κ1) is 16.7. The number of aryl methyl sites for hydroxylation is 1. The van der Waals surface area contributed by atoms with Gasteiger partial charge in [-0.2, -0.15) is 0 Å². The van der Waals surface area contributed by atoms with E-state index in [2.05, 4.69) is 0 Å². The Hall–Kier alpha value is -2.20. The predicted molar refractivity (Wildman–Crippen MR) is 91.6 cm³/mol. The van der Waals surface area contributed by atoms with Gasteiger partial charge in [0.25, 0.3) is 0 Å². The van der Waals surface area contributed by atoms with Gasteiger partial charge < -0.3 is 14.2 Å². The summed E-state index contributed by atoms with van der Waals surface area (Å²) in [5, 5.41) is 0.675. The van der Waals surface area contributed by atoms with E-state index in [-0.39, 0.29) is 5.97 Å². The van der Waals surface area contributed by atoms with Gasteiger partial charge in [-0.15, -0.1) is 0 Å². The van der Waals surface area contributed by atoms with Crippen LogP contribution in [0.15, 0.2) is 42.5 Å². The molecule has 1 aliphatic heterocycles. The molecular formula is C19H19ClO4. The van der Waals surface area contributed by atoms with Crippen LogP contribution in [-0.4, -0.2) is 18.7 Å². The molecule has 0 amide bonds. The third-order valence-electron chi connectivity index (χ3n) is 3.89. The number of esters is 1. The molecule has 1 heterocycles. The second-order valence-electron chi connectivity index (χ2n) is 5.55. The summed E-state index contributed by atoms with van der Waals surface area (Å²) in [6, 6.07) is 13.3. The Kier molecular flexibility index (Phi) is 5.26. The zero-order valence-electron chi connectivity index (χ0n) is 13.5. The van der Waals surface area contributed by atoms with E-state index in [1.54, 1.807) is 6.92 Å². The van der Waals surface area contributed by atoms with E-state index in [1.807, 2.05) is 42.5 Å². The first-order valence-corrected chi connectivity index (χ1v) is 8.37. The average Bonchev–Trinajstić information content (AvgIpc) is 2.60. The highest BCUT2D eigenvalue weighted by atomic mass is 35.5. The van der Waals surface area contributed by atoms with Crippen molar-refractivity contribution in [2.75, 3.05) is 6.61 Å². The van der Waals surface area contributed by atoms with E-state index in [0.717, 1.165) is 17.5 Å². The molecule has 0 aromatic heterocycles. The lowest BCUT2D eigenvalue weighted by atomic mass is 10.0. The monoisotopic (exact) mass is 346 g/mol. The molecule has 0 radical (unpaired) electrons. The van der Waals surface area contributed by atoms with E-state index in [0.29, 0.717) is 36.2 Å². The normalized spacial score (nSPS) is 16.0. The number of rotatable bonds is 5. The quantitative estimate of drug-likeness (QED) is 0.762. The van der Waals surface area contributed by atoms with Crippen molar-refractivity contribution in [3.05, 3.63) is 58.6 Å². The van der Waals surface area contributed by atoms with Crippen LogP contribution >= 0.6 is 11.6 Å². The van der Waals surface area contributed by atoms with Crippen molar-refractivity contribution in [3.63, 3.8) is 0 Å². The molecule has 5 heteroatoms. The summed E-state index contributed by atoms with van der Waals surface area (Å²) in [5.74, 6) is 1.04. The Labute approximate surface area is 146 Å². The van der Waals surface area contributed by atoms with E-state index in [1.165, 1.54) is 0 Å². The second-order valence-corrected chi connectivity index (χ2v) is 5.95. The van der Waals surface area contributed by atoms with Gasteiger partial charge in [0.2, 0.25) is 0 Å². The van der Waals surface area contributed by atoms with Crippen molar-refractivity contribution >= 4 is 17.6 Å². The molecule has 24 heavy (non-hydrogen) atoms. The molecule has 0 unspecified atom stereocenters. The summed E-state index contributed by atoms with van der Waals surface area (Å²) in [7, 11) is 0. The van der Waals surface area contributed by atoms with Crippen LogP contribution in [-0.2, 0) is 22.6 Å². The van der Waals surface area contributed by atoms with Crippen LogP contribution in [0.4, 0.5) is 0 Å². The Morgan fingerprint density at radius 1 is 1.29 bits per heavy atom. The van der Waals surface area contributed by atoms with Crippen LogP contribution in [0.1, 0.15) is 24.5 Å². The number of fused-ring (bicyclic) bond motifs is 1. The SMILES string of the molecule is CCOC(=O)[C@@H]1CCc2ccc(OCc3ccccc3Cl)cc2O1. The van der Waals surface area contributed by atoms with Gasteiger partial charge in [0.05, 0.1) is 6.61 Å². The third kappa shape index (κ3) is 3.82. The number of carbonyl (C=O) groups is 1. The summed E-state index contributed by atoms with van der Waals surface area (Å²) in [5.41, 5.74) is 1.99. The van der Waals surface area contributed by atoms with Crippen molar-refractivity contribution in [1.29, 1.82) is 0 Å². The zero-order valence-corrected chi connectivity index (χ0v) is 14.2. The minimum Gasteiger partial charge on any atom is -0.489 e. The fraction of sp³-hybridized carbons (Fsp3) is 0.316. The molecule has 1 atom stereocenters. The highest BCUT2D eigenvalue weighted by Crippen LogP contribution is 2.32. The third-order valence-corrected chi connectivity index (χ3v) is 4.25. The molecule has 4 nitrogen and oxygen atoms in total. The highest BCUT2D eigenvalue weighted by Gasteiger charge is 2.27. The Morgan fingerprint density at radius 2 is 2.12 bits per heavy atom. The van der Waals surface area contributed by atoms with Crippen molar-refractivity contribution in [3.8, 4) is 11.5 Å². The van der Waals surface area contributed by atoms with Crippen molar-refractivity contribution in [2.45, 2.75) is 32.5 Å². The molecule has 0 N–H and O–H groups in total. The number of hydrogen-bond acceptors (Lipinski definition) is 4.